The summed E-state index contributed by atoms with van der Waals surface area (Å²) >= 11 is 0. The van der Waals surface area contributed by atoms with Crippen molar-refractivity contribution < 1.29 is 24.2 Å². The predicted molar refractivity (Wildman–Crippen MR) is 146 cm³/mol. The summed E-state index contributed by atoms with van der Waals surface area (Å²) in [5.41, 5.74) is 11.3. The fourth-order valence-electron chi connectivity index (χ4n) is 4.85. The van der Waals surface area contributed by atoms with Gasteiger partial charge in [-0.3, -0.25) is 9.59 Å². The third-order valence-electron chi connectivity index (χ3n) is 6.82. The number of nitrogens with one attached hydrogen (secondary N) is 2. The van der Waals surface area contributed by atoms with Crippen LogP contribution in [0.2, 0.25) is 0 Å². The summed E-state index contributed by atoms with van der Waals surface area (Å²) in [6.07, 6.45) is 0.215. The van der Waals surface area contributed by atoms with Gasteiger partial charge in [-0.15, -0.1) is 0 Å². The van der Waals surface area contributed by atoms with Crippen molar-refractivity contribution in [1.29, 1.82) is 0 Å². The van der Waals surface area contributed by atoms with Crippen LogP contribution in [0.3, 0.4) is 0 Å². The van der Waals surface area contributed by atoms with Gasteiger partial charge in [0.15, 0.2) is 0 Å². The molecule has 0 spiro atoms. The van der Waals surface area contributed by atoms with Crippen LogP contribution in [-0.2, 0) is 20.7 Å². The number of amides is 2. The van der Waals surface area contributed by atoms with Crippen molar-refractivity contribution in [2.45, 2.75) is 38.6 Å². The average molecular weight is 516 g/mol. The Hall–Kier alpha value is -4.17. The monoisotopic (exact) mass is 515 g/mol. The Morgan fingerprint density at radius 2 is 1.53 bits per heavy atom. The Kier molecular flexibility index (Phi) is 8.12. The van der Waals surface area contributed by atoms with Gasteiger partial charge in [0.2, 0.25) is 5.91 Å². The van der Waals surface area contributed by atoms with Gasteiger partial charge in [0.25, 0.3) is 0 Å². The van der Waals surface area contributed by atoms with Crippen LogP contribution in [0.4, 0.5) is 10.5 Å². The zero-order valence-corrected chi connectivity index (χ0v) is 21.6. The summed E-state index contributed by atoms with van der Waals surface area (Å²) in [5, 5.41) is 14.5. The van der Waals surface area contributed by atoms with Crippen molar-refractivity contribution in [3.63, 3.8) is 0 Å². The van der Waals surface area contributed by atoms with E-state index >= 15 is 0 Å². The molecule has 0 aliphatic heterocycles. The van der Waals surface area contributed by atoms with E-state index in [9.17, 15) is 19.5 Å². The van der Waals surface area contributed by atoms with Crippen LogP contribution in [0.5, 0.6) is 0 Å². The van der Waals surface area contributed by atoms with Crippen LogP contribution in [-0.4, -0.2) is 42.3 Å². The molecular formula is C30H33N3O5. The van der Waals surface area contributed by atoms with E-state index in [1.807, 2.05) is 48.5 Å². The molecule has 198 valence electrons. The fourth-order valence-corrected chi connectivity index (χ4v) is 4.85. The van der Waals surface area contributed by atoms with E-state index in [0.29, 0.717) is 18.5 Å². The number of ether oxygens (including phenoxy) is 1. The van der Waals surface area contributed by atoms with Gasteiger partial charge in [-0.05, 0) is 66.6 Å². The maximum atomic E-state index is 12.3. The molecule has 2 amide bonds. The number of anilines is 1. The highest BCUT2D eigenvalue weighted by Gasteiger charge is 2.30. The van der Waals surface area contributed by atoms with Gasteiger partial charge in [0, 0.05) is 17.6 Å². The zero-order chi connectivity index (χ0) is 27.3. The van der Waals surface area contributed by atoms with Crippen molar-refractivity contribution in [1.82, 2.24) is 5.32 Å². The second kappa shape index (κ2) is 11.5. The number of carbonyl (C=O) groups is 3. The maximum Gasteiger partial charge on any atom is 0.407 e. The minimum Gasteiger partial charge on any atom is -0.481 e. The first kappa shape index (κ1) is 26.9. The molecule has 1 aliphatic rings. The van der Waals surface area contributed by atoms with E-state index in [1.54, 1.807) is 26.0 Å². The molecule has 0 heterocycles. The van der Waals surface area contributed by atoms with Crippen LogP contribution >= 0.6 is 0 Å². The Morgan fingerprint density at radius 3 is 2.11 bits per heavy atom. The van der Waals surface area contributed by atoms with Crippen molar-refractivity contribution in [2.24, 2.45) is 11.1 Å². The van der Waals surface area contributed by atoms with Crippen LogP contribution in [0.15, 0.2) is 72.8 Å². The lowest BCUT2D eigenvalue weighted by Crippen LogP contribution is -2.34. The lowest BCUT2D eigenvalue weighted by Gasteiger charge is -2.23. The minimum atomic E-state index is -0.895. The second-order valence-corrected chi connectivity index (χ2v) is 10.3. The molecule has 8 nitrogen and oxygen atoms in total. The number of fused-ring (bicyclic) bond motifs is 3. The van der Waals surface area contributed by atoms with Crippen LogP contribution in [0.1, 0.15) is 42.9 Å². The lowest BCUT2D eigenvalue weighted by atomic mass is 9.84. The number of rotatable bonds is 10. The molecule has 0 fully saturated rings. The molecule has 4 rings (SSSR count). The quantitative estimate of drug-likeness (QED) is 0.314. The molecule has 1 aliphatic carbocycles. The number of hydrogen-bond acceptors (Lipinski definition) is 5. The normalized spacial score (nSPS) is 13.2. The topological polar surface area (TPSA) is 131 Å². The summed E-state index contributed by atoms with van der Waals surface area (Å²) < 4.78 is 5.46. The highest BCUT2D eigenvalue weighted by atomic mass is 16.5. The van der Waals surface area contributed by atoms with Crippen molar-refractivity contribution in [3.8, 4) is 11.1 Å². The predicted octanol–water partition coefficient (Wildman–Crippen LogP) is 4.53. The van der Waals surface area contributed by atoms with Crippen LogP contribution in [0, 0.1) is 5.41 Å². The molecule has 3 aromatic carbocycles. The van der Waals surface area contributed by atoms with Gasteiger partial charge < -0.3 is 26.2 Å². The SMILES string of the molecule is CC(C)(C[C@@H](N)Cc1ccc(NC(=O)CNC(=O)OCC2c3ccccc3-c3ccccc32)cc1)C(=O)O. The molecule has 0 saturated carbocycles. The van der Waals surface area contributed by atoms with Crippen molar-refractivity contribution >= 4 is 23.7 Å². The number of hydrogen-bond donors (Lipinski definition) is 4. The standard InChI is InChI=1S/C30H33N3O5/c1-30(2,28(35)36)16-20(31)15-19-11-13-21(14-12-19)33-27(34)17-32-29(37)38-18-26-24-9-5-3-7-22(24)23-8-4-6-10-25(23)26/h3-14,20,26H,15-18,31H2,1-2H3,(H,32,37)(H,33,34)(H,35,36)/t20-/m0/s1. The van der Waals surface area contributed by atoms with Gasteiger partial charge in [-0.1, -0.05) is 60.7 Å². The number of nitrogens with two attached hydrogens (primary N) is 1. The Bertz CT molecular complexity index is 1270. The minimum absolute atomic E-state index is 0.0520. The number of carboxylic acids is 1. The third kappa shape index (κ3) is 6.39. The van der Waals surface area contributed by atoms with Gasteiger partial charge in [0.05, 0.1) is 5.41 Å². The molecule has 3 aromatic rings. The number of benzene rings is 3. The largest absolute Gasteiger partial charge is 0.481 e. The fraction of sp³-hybridized carbons (Fsp3) is 0.300. The summed E-state index contributed by atoms with van der Waals surface area (Å²) in [7, 11) is 0. The molecule has 0 unspecified atom stereocenters. The second-order valence-electron chi connectivity index (χ2n) is 10.3. The average Bonchev–Trinajstić information content (AvgIpc) is 3.20. The molecule has 38 heavy (non-hydrogen) atoms. The Morgan fingerprint density at radius 1 is 0.947 bits per heavy atom. The van der Waals surface area contributed by atoms with Gasteiger partial charge in [-0.25, -0.2) is 4.79 Å². The van der Waals surface area contributed by atoms with Crippen molar-refractivity contribution in [3.05, 3.63) is 89.5 Å². The summed E-state index contributed by atoms with van der Waals surface area (Å²) in [5.74, 6) is -1.31. The summed E-state index contributed by atoms with van der Waals surface area (Å²) in [6.45, 7) is 3.26. The summed E-state index contributed by atoms with van der Waals surface area (Å²) in [6, 6.07) is 23.0. The molecule has 0 saturated heterocycles. The first-order valence-corrected chi connectivity index (χ1v) is 12.6. The van der Waals surface area contributed by atoms with Crippen LogP contribution in [0.25, 0.3) is 11.1 Å². The van der Waals surface area contributed by atoms with Crippen molar-refractivity contribution in [2.75, 3.05) is 18.5 Å². The number of carboxylic acid groups (broad SMARTS) is 1. The first-order valence-electron chi connectivity index (χ1n) is 12.6. The highest BCUT2D eigenvalue weighted by molar-refractivity contribution is 5.93. The van der Waals surface area contributed by atoms with Crippen LogP contribution < -0.4 is 16.4 Å². The van der Waals surface area contributed by atoms with E-state index < -0.39 is 17.5 Å². The van der Waals surface area contributed by atoms with E-state index in [4.69, 9.17) is 10.5 Å². The first-order chi connectivity index (χ1) is 18.1. The lowest BCUT2D eigenvalue weighted by molar-refractivity contribution is -0.147. The van der Waals surface area contributed by atoms with E-state index in [0.717, 1.165) is 27.8 Å². The highest BCUT2D eigenvalue weighted by Crippen LogP contribution is 2.44. The Labute approximate surface area is 222 Å². The molecule has 8 heteroatoms. The molecule has 0 bridgehead atoms. The van der Waals surface area contributed by atoms with E-state index in [1.165, 1.54) is 0 Å². The van der Waals surface area contributed by atoms with Gasteiger partial charge in [0.1, 0.15) is 13.2 Å². The number of carbonyl (C=O) groups excluding carboxylic acids is 2. The smallest absolute Gasteiger partial charge is 0.407 e. The van der Waals surface area contributed by atoms with Gasteiger partial charge >= 0.3 is 12.1 Å². The van der Waals surface area contributed by atoms with Gasteiger partial charge in [-0.2, -0.15) is 0 Å². The number of alkyl carbamates (subject to hydrolysis) is 1. The molecule has 0 radical (unpaired) electrons. The molecule has 1 atom stereocenters. The number of aliphatic carboxylic acids is 1. The maximum absolute atomic E-state index is 12.3. The molecular weight excluding hydrogens is 482 g/mol. The molecule has 0 aromatic heterocycles. The summed E-state index contributed by atoms with van der Waals surface area (Å²) in [4.78, 5) is 35.9. The zero-order valence-electron chi connectivity index (χ0n) is 21.6. The van der Waals surface area contributed by atoms with E-state index in [-0.39, 0.29) is 31.0 Å². The molecule has 5 N–H and O–H groups in total. The van der Waals surface area contributed by atoms with E-state index in [2.05, 4.69) is 22.8 Å². The Balaban J connectivity index is 1.22. The third-order valence-corrected chi connectivity index (χ3v) is 6.82.